The van der Waals surface area contributed by atoms with Gasteiger partial charge in [-0.1, -0.05) is 24.4 Å². The van der Waals surface area contributed by atoms with Crippen LogP contribution in [-0.4, -0.2) is 25.7 Å². The Balaban J connectivity index is 2.37. The number of halogens is 4. The molecule has 0 aromatic heterocycles. The molecule has 4 nitrogen and oxygen atoms in total. The van der Waals surface area contributed by atoms with Gasteiger partial charge >= 0.3 is 6.18 Å². The van der Waals surface area contributed by atoms with Gasteiger partial charge in [-0.25, -0.2) is 13.1 Å². The molecule has 1 aliphatic carbocycles. The van der Waals surface area contributed by atoms with Crippen molar-refractivity contribution in [3.63, 3.8) is 0 Å². The first-order valence-corrected chi connectivity index (χ1v) is 8.54. The van der Waals surface area contributed by atoms with Crippen LogP contribution >= 0.6 is 11.6 Å². The van der Waals surface area contributed by atoms with Gasteiger partial charge in [0.25, 0.3) is 0 Å². The van der Waals surface area contributed by atoms with E-state index in [2.05, 4.69) is 4.72 Å². The number of nitrogens with one attached hydrogen (secondary N) is 1. The van der Waals surface area contributed by atoms with Gasteiger partial charge < -0.3 is 5.11 Å². The minimum Gasteiger partial charge on any atom is -0.391 e. The van der Waals surface area contributed by atoms with Gasteiger partial charge in [0.2, 0.25) is 10.0 Å². The number of benzene rings is 1. The average Bonchev–Trinajstić information content (AvgIpc) is 2.40. The molecule has 9 heteroatoms. The molecule has 1 fully saturated rings. The zero-order chi connectivity index (χ0) is 16.5. The van der Waals surface area contributed by atoms with Crippen LogP contribution in [0.5, 0.6) is 0 Å². The fourth-order valence-corrected chi connectivity index (χ4v) is 4.15. The summed E-state index contributed by atoms with van der Waals surface area (Å²) in [6.45, 7) is 0. The van der Waals surface area contributed by atoms with E-state index in [0.717, 1.165) is 18.6 Å². The third-order valence-corrected chi connectivity index (χ3v) is 5.36. The molecule has 2 rings (SSSR count). The Labute approximate surface area is 131 Å². The highest BCUT2D eigenvalue weighted by atomic mass is 35.5. The Morgan fingerprint density at radius 2 is 1.86 bits per heavy atom. The first-order valence-electron chi connectivity index (χ1n) is 6.68. The predicted octanol–water partition coefficient (Wildman–Crippen LogP) is 2.94. The van der Waals surface area contributed by atoms with Crippen molar-refractivity contribution in [1.82, 2.24) is 4.72 Å². The van der Waals surface area contributed by atoms with E-state index in [9.17, 15) is 26.7 Å². The van der Waals surface area contributed by atoms with Gasteiger partial charge in [0.15, 0.2) is 0 Å². The third kappa shape index (κ3) is 3.92. The molecule has 0 amide bonds. The van der Waals surface area contributed by atoms with Crippen molar-refractivity contribution in [1.29, 1.82) is 0 Å². The van der Waals surface area contributed by atoms with Crippen LogP contribution in [0.15, 0.2) is 23.1 Å². The summed E-state index contributed by atoms with van der Waals surface area (Å²) in [5.74, 6) is 0. The number of hydrogen-bond acceptors (Lipinski definition) is 3. The highest BCUT2D eigenvalue weighted by Gasteiger charge is 2.38. The van der Waals surface area contributed by atoms with Gasteiger partial charge in [-0.05, 0) is 31.0 Å². The quantitative estimate of drug-likeness (QED) is 0.874. The average molecular weight is 358 g/mol. The summed E-state index contributed by atoms with van der Waals surface area (Å²) in [6.07, 6.45) is -3.48. The van der Waals surface area contributed by atoms with Gasteiger partial charge in [0.05, 0.1) is 16.6 Å². The van der Waals surface area contributed by atoms with Crippen LogP contribution in [0.1, 0.15) is 31.2 Å². The van der Waals surface area contributed by atoms with E-state index in [-0.39, 0.29) is 5.02 Å². The Kier molecular flexibility index (Phi) is 5.06. The maximum absolute atomic E-state index is 13.0. The summed E-state index contributed by atoms with van der Waals surface area (Å²) in [5.41, 5.74) is -1.32. The van der Waals surface area contributed by atoms with E-state index in [0.29, 0.717) is 25.3 Å². The molecular formula is C13H15ClF3NO3S. The van der Waals surface area contributed by atoms with Crippen LogP contribution in [0.3, 0.4) is 0 Å². The van der Waals surface area contributed by atoms with Crippen molar-refractivity contribution in [2.45, 2.75) is 48.9 Å². The molecule has 0 heterocycles. The number of aliphatic hydroxyl groups is 1. The molecule has 0 spiro atoms. The van der Waals surface area contributed by atoms with E-state index >= 15 is 0 Å². The van der Waals surface area contributed by atoms with Gasteiger partial charge in [-0.15, -0.1) is 0 Å². The molecule has 1 aliphatic rings. The van der Waals surface area contributed by atoms with Crippen molar-refractivity contribution < 1.29 is 26.7 Å². The normalized spacial score (nSPS) is 23.5. The molecule has 2 atom stereocenters. The molecular weight excluding hydrogens is 343 g/mol. The minimum atomic E-state index is -4.85. The van der Waals surface area contributed by atoms with Gasteiger partial charge in [0.1, 0.15) is 0 Å². The molecule has 0 saturated heterocycles. The zero-order valence-electron chi connectivity index (χ0n) is 11.4. The smallest absolute Gasteiger partial charge is 0.391 e. The molecule has 22 heavy (non-hydrogen) atoms. The number of aliphatic hydroxyl groups excluding tert-OH is 1. The summed E-state index contributed by atoms with van der Waals surface area (Å²) >= 11 is 5.53. The SMILES string of the molecule is O=S(=O)(N[C@H]1CCCC[C@@H]1O)c1ccc(Cl)cc1C(F)(F)F. The lowest BCUT2D eigenvalue weighted by Gasteiger charge is -2.28. The standard InChI is InChI=1S/C13H15ClF3NO3S/c14-8-5-6-12(9(7-8)13(15,16)17)22(20,21)18-10-3-1-2-4-11(10)19/h5-7,10-11,18-19H,1-4H2/t10-,11-/m0/s1. The van der Waals surface area contributed by atoms with Crippen molar-refractivity contribution in [2.24, 2.45) is 0 Å². The second kappa shape index (κ2) is 6.35. The Bertz CT molecular complexity index is 648. The summed E-state index contributed by atoms with van der Waals surface area (Å²) in [5, 5.41) is 9.58. The first kappa shape index (κ1) is 17.5. The second-order valence-corrected chi connectivity index (χ2v) is 7.34. The molecule has 1 aromatic rings. The topological polar surface area (TPSA) is 66.4 Å². The second-order valence-electron chi connectivity index (χ2n) is 5.22. The maximum atomic E-state index is 13.0. The van der Waals surface area contributed by atoms with E-state index in [1.54, 1.807) is 0 Å². The van der Waals surface area contributed by atoms with Crippen LogP contribution in [-0.2, 0) is 16.2 Å². The Morgan fingerprint density at radius 3 is 2.45 bits per heavy atom. The zero-order valence-corrected chi connectivity index (χ0v) is 13.0. The molecule has 0 radical (unpaired) electrons. The van der Waals surface area contributed by atoms with Crippen molar-refractivity contribution in [3.8, 4) is 0 Å². The number of rotatable bonds is 3. The van der Waals surface area contributed by atoms with E-state index < -0.39 is 38.8 Å². The molecule has 2 N–H and O–H groups in total. The predicted molar refractivity (Wildman–Crippen MR) is 75.0 cm³/mol. The van der Waals surface area contributed by atoms with Crippen LogP contribution in [0.25, 0.3) is 0 Å². The van der Waals surface area contributed by atoms with E-state index in [1.807, 2.05) is 0 Å². The molecule has 124 valence electrons. The van der Waals surface area contributed by atoms with Crippen LogP contribution in [0.2, 0.25) is 5.02 Å². The van der Waals surface area contributed by atoms with Crippen LogP contribution < -0.4 is 4.72 Å². The molecule has 0 bridgehead atoms. The summed E-state index contributed by atoms with van der Waals surface area (Å²) in [6, 6.07) is 1.70. The summed E-state index contributed by atoms with van der Waals surface area (Å²) in [7, 11) is -4.41. The monoisotopic (exact) mass is 357 g/mol. The van der Waals surface area contributed by atoms with Crippen molar-refractivity contribution in [2.75, 3.05) is 0 Å². The lowest BCUT2D eigenvalue weighted by atomic mass is 9.93. The Morgan fingerprint density at radius 1 is 1.23 bits per heavy atom. The lowest BCUT2D eigenvalue weighted by molar-refractivity contribution is -0.139. The van der Waals surface area contributed by atoms with E-state index in [1.165, 1.54) is 0 Å². The number of sulfonamides is 1. The highest BCUT2D eigenvalue weighted by Crippen LogP contribution is 2.36. The fourth-order valence-electron chi connectivity index (χ4n) is 2.47. The van der Waals surface area contributed by atoms with Crippen LogP contribution in [0.4, 0.5) is 13.2 Å². The first-order chi connectivity index (χ1) is 10.1. The van der Waals surface area contributed by atoms with Crippen molar-refractivity contribution >= 4 is 21.6 Å². The van der Waals surface area contributed by atoms with Gasteiger partial charge in [-0.2, -0.15) is 13.2 Å². The summed E-state index contributed by atoms with van der Waals surface area (Å²) in [4.78, 5) is -0.887. The van der Waals surface area contributed by atoms with Crippen molar-refractivity contribution in [3.05, 3.63) is 28.8 Å². The maximum Gasteiger partial charge on any atom is 0.417 e. The lowest BCUT2D eigenvalue weighted by Crippen LogP contribution is -2.45. The van der Waals surface area contributed by atoms with Crippen LogP contribution in [0, 0.1) is 0 Å². The van der Waals surface area contributed by atoms with E-state index in [4.69, 9.17) is 11.6 Å². The fraction of sp³-hybridized carbons (Fsp3) is 0.538. The highest BCUT2D eigenvalue weighted by molar-refractivity contribution is 7.89. The van der Waals surface area contributed by atoms with Gasteiger partial charge in [-0.3, -0.25) is 0 Å². The molecule has 0 aliphatic heterocycles. The minimum absolute atomic E-state index is 0.205. The molecule has 1 aromatic carbocycles. The molecule has 0 unspecified atom stereocenters. The number of alkyl halides is 3. The number of hydrogen-bond donors (Lipinski definition) is 2. The largest absolute Gasteiger partial charge is 0.417 e. The Hall–Kier alpha value is -0.830. The molecule has 1 saturated carbocycles. The third-order valence-electron chi connectivity index (χ3n) is 3.57. The summed E-state index contributed by atoms with van der Waals surface area (Å²) < 4.78 is 65.7. The van der Waals surface area contributed by atoms with Gasteiger partial charge in [0, 0.05) is 11.1 Å².